The SMILES string of the molecule is c1ccc(-c2nc(-c3ccc4c5ccccc5c5ccccc5c4c3)nc(-n3c4ccccc4c4ccc5c6ccccc6n(-c6cccc(-c7ccc8c9ccccc9c9ccccc9c8c7)c6)c5c43)n2)cc1. The van der Waals surface area contributed by atoms with Crippen LogP contribution in [0.2, 0.25) is 0 Å². The van der Waals surface area contributed by atoms with Gasteiger partial charge in [0.05, 0.1) is 22.1 Å². The molecule has 3 aromatic heterocycles. The first kappa shape index (κ1) is 40.7. The smallest absolute Gasteiger partial charge is 0.238 e. The maximum absolute atomic E-state index is 5.53. The van der Waals surface area contributed by atoms with E-state index in [1.54, 1.807) is 0 Å². The van der Waals surface area contributed by atoms with Crippen LogP contribution in [0.15, 0.2) is 249 Å². The second kappa shape index (κ2) is 15.8. The van der Waals surface area contributed by atoms with Crippen molar-refractivity contribution in [1.82, 2.24) is 24.1 Å². The van der Waals surface area contributed by atoms with E-state index in [2.05, 4.69) is 240 Å². The van der Waals surface area contributed by atoms with E-state index in [0.29, 0.717) is 17.6 Å². The fraction of sp³-hybridized carbons (Fsp3) is 0. The molecule has 5 heteroatoms. The van der Waals surface area contributed by atoms with Gasteiger partial charge in [-0.25, -0.2) is 4.98 Å². The van der Waals surface area contributed by atoms with Crippen LogP contribution >= 0.6 is 0 Å². The lowest BCUT2D eigenvalue weighted by molar-refractivity contribution is 0.953. The number of hydrogen-bond donors (Lipinski definition) is 0. The predicted octanol–water partition coefficient (Wildman–Crippen LogP) is 18.0. The monoisotopic (exact) mass is 939 g/mol. The van der Waals surface area contributed by atoms with Gasteiger partial charge in [0.25, 0.3) is 0 Å². The molecule has 342 valence electrons. The zero-order valence-electron chi connectivity index (χ0n) is 39.9. The number of fused-ring (bicyclic) bond motifs is 19. The Labute approximate surface area is 424 Å². The summed E-state index contributed by atoms with van der Waals surface area (Å²) in [5, 5.41) is 19.4. The Morgan fingerprint density at radius 1 is 0.216 bits per heavy atom. The fourth-order valence-electron chi connectivity index (χ4n) is 12.2. The van der Waals surface area contributed by atoms with Gasteiger partial charge in [-0.1, -0.05) is 212 Å². The molecule has 0 unspecified atom stereocenters. The highest BCUT2D eigenvalue weighted by Crippen LogP contribution is 2.44. The highest BCUT2D eigenvalue weighted by Gasteiger charge is 2.24. The number of aromatic nitrogens is 5. The fourth-order valence-corrected chi connectivity index (χ4v) is 12.2. The topological polar surface area (TPSA) is 48.5 Å². The molecule has 13 aromatic carbocycles. The second-order valence-corrected chi connectivity index (χ2v) is 19.5. The molecule has 0 radical (unpaired) electrons. The van der Waals surface area contributed by atoms with E-state index < -0.39 is 0 Å². The number of benzene rings is 13. The lowest BCUT2D eigenvalue weighted by Gasteiger charge is -2.15. The second-order valence-electron chi connectivity index (χ2n) is 19.5. The largest absolute Gasteiger partial charge is 0.307 e. The highest BCUT2D eigenvalue weighted by molar-refractivity contribution is 6.28. The molecular weight excluding hydrogens is 899 g/mol. The Kier molecular flexibility index (Phi) is 8.68. The summed E-state index contributed by atoms with van der Waals surface area (Å²) in [6.07, 6.45) is 0. The molecule has 0 saturated carbocycles. The normalized spacial score (nSPS) is 12.1. The Balaban J connectivity index is 0.958. The van der Waals surface area contributed by atoms with Crippen LogP contribution in [0.4, 0.5) is 0 Å². The maximum Gasteiger partial charge on any atom is 0.238 e. The van der Waals surface area contributed by atoms with Crippen molar-refractivity contribution in [3.05, 3.63) is 249 Å². The average Bonchev–Trinajstić information content (AvgIpc) is 4.03. The van der Waals surface area contributed by atoms with Crippen LogP contribution in [0.5, 0.6) is 0 Å². The maximum atomic E-state index is 5.53. The molecule has 0 amide bonds. The summed E-state index contributed by atoms with van der Waals surface area (Å²) in [6.45, 7) is 0. The number of hydrogen-bond acceptors (Lipinski definition) is 3. The van der Waals surface area contributed by atoms with Crippen molar-refractivity contribution in [2.24, 2.45) is 0 Å². The molecule has 0 spiro atoms. The number of nitrogens with zero attached hydrogens (tertiary/aromatic N) is 5. The van der Waals surface area contributed by atoms with Gasteiger partial charge in [0, 0.05) is 38.4 Å². The number of rotatable bonds is 5. The minimum atomic E-state index is 0.553. The van der Waals surface area contributed by atoms with E-state index >= 15 is 0 Å². The lowest BCUT2D eigenvalue weighted by atomic mass is 9.92. The first-order valence-electron chi connectivity index (χ1n) is 25.3. The van der Waals surface area contributed by atoms with Crippen LogP contribution in [-0.2, 0) is 0 Å². The standard InChI is InChI=1S/C69H41N5/c1-2-17-42(18-3-1)67-70-68(45-34-36-56-52-26-7-5-22-48(52)50-24-9-11-28-54(50)62(56)41-45)72-69(71-67)74-64-32-15-13-30-58(64)60-38-37-59-57-29-12-14-31-63(57)73(65(59)66(60)74)46-20-16-19-43(39-46)44-33-35-55-51-25-6-4-21-47(51)49-23-8-10-27-53(49)61(55)40-44/h1-41H. The third-order valence-corrected chi connectivity index (χ3v) is 15.5. The third kappa shape index (κ3) is 5.95. The number of para-hydroxylation sites is 2. The Morgan fingerprint density at radius 2 is 0.581 bits per heavy atom. The van der Waals surface area contributed by atoms with Crippen molar-refractivity contribution in [1.29, 1.82) is 0 Å². The summed E-state index contributed by atoms with van der Waals surface area (Å²) >= 11 is 0. The minimum absolute atomic E-state index is 0.553. The average molecular weight is 940 g/mol. The molecule has 0 atom stereocenters. The van der Waals surface area contributed by atoms with Crippen molar-refractivity contribution in [2.45, 2.75) is 0 Å². The zero-order chi connectivity index (χ0) is 48.4. The van der Waals surface area contributed by atoms with Crippen LogP contribution in [0.1, 0.15) is 0 Å². The van der Waals surface area contributed by atoms with E-state index in [0.717, 1.165) is 66.0 Å². The van der Waals surface area contributed by atoms with Gasteiger partial charge in [-0.3, -0.25) is 4.57 Å². The highest BCUT2D eigenvalue weighted by atomic mass is 15.2. The van der Waals surface area contributed by atoms with Crippen LogP contribution in [0, 0.1) is 0 Å². The van der Waals surface area contributed by atoms with Crippen molar-refractivity contribution >= 4 is 108 Å². The summed E-state index contributed by atoms with van der Waals surface area (Å²) in [5.74, 6) is 1.77. The lowest BCUT2D eigenvalue weighted by Crippen LogP contribution is -2.07. The zero-order valence-corrected chi connectivity index (χ0v) is 39.9. The van der Waals surface area contributed by atoms with Crippen LogP contribution in [0.25, 0.3) is 154 Å². The Bertz CT molecular complexity index is 4960. The predicted molar refractivity (Wildman–Crippen MR) is 310 cm³/mol. The van der Waals surface area contributed by atoms with Crippen molar-refractivity contribution in [3.63, 3.8) is 0 Å². The molecule has 0 saturated heterocycles. The van der Waals surface area contributed by atoms with Gasteiger partial charge >= 0.3 is 0 Å². The summed E-state index contributed by atoms with van der Waals surface area (Å²) in [5.41, 5.74) is 9.47. The molecule has 16 rings (SSSR count). The molecule has 0 aliphatic carbocycles. The molecular formula is C69H41N5. The molecule has 5 nitrogen and oxygen atoms in total. The van der Waals surface area contributed by atoms with E-state index in [-0.39, 0.29) is 0 Å². The molecule has 0 aliphatic rings. The van der Waals surface area contributed by atoms with Crippen LogP contribution in [0.3, 0.4) is 0 Å². The third-order valence-electron chi connectivity index (χ3n) is 15.5. The quantitative estimate of drug-likeness (QED) is 0.162. The summed E-state index contributed by atoms with van der Waals surface area (Å²) in [4.78, 5) is 16.3. The molecule has 0 N–H and O–H groups in total. The van der Waals surface area contributed by atoms with Gasteiger partial charge in [-0.05, 0) is 112 Å². The molecule has 0 fully saturated rings. The van der Waals surface area contributed by atoms with Crippen LogP contribution < -0.4 is 0 Å². The van der Waals surface area contributed by atoms with E-state index in [1.165, 1.54) is 70.2 Å². The van der Waals surface area contributed by atoms with Crippen molar-refractivity contribution in [2.75, 3.05) is 0 Å². The van der Waals surface area contributed by atoms with Crippen LogP contribution in [-0.4, -0.2) is 24.1 Å². The van der Waals surface area contributed by atoms with E-state index in [9.17, 15) is 0 Å². The van der Waals surface area contributed by atoms with Gasteiger partial charge in [-0.15, -0.1) is 0 Å². The van der Waals surface area contributed by atoms with Gasteiger partial charge in [0.15, 0.2) is 11.6 Å². The molecule has 74 heavy (non-hydrogen) atoms. The summed E-state index contributed by atoms with van der Waals surface area (Å²) in [6, 6.07) is 90.0. The first-order valence-corrected chi connectivity index (χ1v) is 25.3. The molecule has 16 aromatic rings. The van der Waals surface area contributed by atoms with Gasteiger partial charge < -0.3 is 4.57 Å². The summed E-state index contributed by atoms with van der Waals surface area (Å²) in [7, 11) is 0. The van der Waals surface area contributed by atoms with Crippen molar-refractivity contribution in [3.8, 4) is 45.5 Å². The Hall–Kier alpha value is -9.97. The van der Waals surface area contributed by atoms with Crippen molar-refractivity contribution < 1.29 is 0 Å². The van der Waals surface area contributed by atoms with E-state index in [4.69, 9.17) is 15.0 Å². The Morgan fingerprint density at radius 3 is 1.12 bits per heavy atom. The van der Waals surface area contributed by atoms with Gasteiger partial charge in [-0.2, -0.15) is 9.97 Å². The van der Waals surface area contributed by atoms with Gasteiger partial charge in [0.1, 0.15) is 0 Å². The first-order chi connectivity index (χ1) is 36.7. The molecule has 0 aliphatic heterocycles. The minimum Gasteiger partial charge on any atom is -0.307 e. The molecule has 3 heterocycles. The summed E-state index contributed by atoms with van der Waals surface area (Å²) < 4.78 is 4.74. The van der Waals surface area contributed by atoms with Gasteiger partial charge in [0.2, 0.25) is 5.95 Å². The molecule has 0 bridgehead atoms. The van der Waals surface area contributed by atoms with E-state index in [1.807, 2.05) is 18.2 Å².